The Morgan fingerprint density at radius 2 is 1.80 bits per heavy atom. The summed E-state index contributed by atoms with van der Waals surface area (Å²) in [5.41, 5.74) is 0. The first-order chi connectivity index (χ1) is 9.09. The third kappa shape index (κ3) is 5.94. The average molecular weight is 346 g/mol. The van der Waals surface area contributed by atoms with Crippen LogP contribution < -0.4 is 5.32 Å². The lowest BCUT2D eigenvalue weighted by molar-refractivity contribution is -0.126. The fourth-order valence-corrected chi connectivity index (χ4v) is 2.97. The van der Waals surface area contributed by atoms with Crippen LogP contribution in [0.4, 0.5) is 0 Å². The van der Waals surface area contributed by atoms with Crippen molar-refractivity contribution in [1.82, 2.24) is 10.2 Å². The van der Waals surface area contributed by atoms with Crippen molar-refractivity contribution in [3.8, 4) is 0 Å². The van der Waals surface area contributed by atoms with Crippen LogP contribution in [0.1, 0.15) is 34.1 Å². The molecule has 0 spiro atoms. The molecule has 1 aliphatic rings. The van der Waals surface area contributed by atoms with E-state index in [9.17, 15) is 4.79 Å². The summed E-state index contributed by atoms with van der Waals surface area (Å²) in [6.45, 7) is 9.11. The van der Waals surface area contributed by atoms with Gasteiger partial charge in [-0.05, 0) is 19.8 Å². The number of alkyl halides is 3. The van der Waals surface area contributed by atoms with Gasteiger partial charge in [-0.25, -0.2) is 0 Å². The number of amides is 1. The summed E-state index contributed by atoms with van der Waals surface area (Å²) in [4.78, 5) is 13.9. The Labute approximate surface area is 136 Å². The van der Waals surface area contributed by atoms with Gasteiger partial charge in [0.15, 0.2) is 0 Å². The summed E-state index contributed by atoms with van der Waals surface area (Å²) >= 11 is 18.1. The smallest absolute Gasteiger partial charge is 0.223 e. The van der Waals surface area contributed by atoms with Crippen LogP contribution in [0.2, 0.25) is 0 Å². The van der Waals surface area contributed by atoms with Gasteiger partial charge in [0.05, 0.1) is 12.2 Å². The first-order valence-electron chi connectivity index (χ1n) is 6.85. The maximum absolute atomic E-state index is 12.0. The predicted molar refractivity (Wildman–Crippen MR) is 83.3 cm³/mol. The largest absolute Gasteiger partial charge is 0.373 e. The highest BCUT2D eigenvalue weighted by Gasteiger charge is 2.41. The molecule has 1 fully saturated rings. The summed E-state index contributed by atoms with van der Waals surface area (Å²) in [6, 6.07) is 0. The summed E-state index contributed by atoms with van der Waals surface area (Å²) in [6.07, 6.45) is -0.161. The highest BCUT2D eigenvalue weighted by Crippen LogP contribution is 2.33. The van der Waals surface area contributed by atoms with E-state index in [1.807, 2.05) is 32.6 Å². The van der Waals surface area contributed by atoms with Crippen LogP contribution in [-0.2, 0) is 9.53 Å². The van der Waals surface area contributed by atoms with E-state index in [2.05, 4.69) is 5.32 Å². The van der Waals surface area contributed by atoms with E-state index in [-0.39, 0.29) is 24.0 Å². The summed E-state index contributed by atoms with van der Waals surface area (Å²) in [5, 5.41) is 2.83. The van der Waals surface area contributed by atoms with E-state index in [1.165, 1.54) is 0 Å². The quantitative estimate of drug-likeness (QED) is 0.797. The number of hydrogen-bond donors (Lipinski definition) is 1. The number of rotatable bonds is 4. The molecule has 0 aliphatic carbocycles. The van der Waals surface area contributed by atoms with Gasteiger partial charge >= 0.3 is 0 Å². The van der Waals surface area contributed by atoms with Crippen LogP contribution in [0.3, 0.4) is 0 Å². The third-order valence-corrected chi connectivity index (χ3v) is 3.63. The first kappa shape index (κ1) is 18.3. The number of hydrogen-bond acceptors (Lipinski definition) is 3. The molecule has 0 aromatic rings. The van der Waals surface area contributed by atoms with Crippen molar-refractivity contribution in [3.05, 3.63) is 0 Å². The van der Waals surface area contributed by atoms with Crippen LogP contribution in [0.15, 0.2) is 0 Å². The second-order valence-corrected chi connectivity index (χ2v) is 8.19. The molecule has 1 heterocycles. The van der Waals surface area contributed by atoms with Crippen molar-refractivity contribution >= 4 is 40.7 Å². The SMILES string of the molecule is CC(C)CC(=O)N[C@H](N1C[C@@H](C)O[C@H](C)C1)C(Cl)(Cl)Cl. The zero-order chi connectivity index (χ0) is 15.5. The van der Waals surface area contributed by atoms with Gasteiger partial charge in [-0.1, -0.05) is 48.7 Å². The van der Waals surface area contributed by atoms with Crippen LogP contribution in [0.25, 0.3) is 0 Å². The highest BCUT2D eigenvalue weighted by atomic mass is 35.6. The van der Waals surface area contributed by atoms with Gasteiger partial charge < -0.3 is 10.1 Å². The summed E-state index contributed by atoms with van der Waals surface area (Å²) in [7, 11) is 0. The van der Waals surface area contributed by atoms with E-state index >= 15 is 0 Å². The number of morpholine rings is 1. The maximum atomic E-state index is 12.0. The Balaban J connectivity index is 2.76. The second kappa shape index (κ2) is 7.50. The number of carbonyl (C=O) groups excluding carboxylic acids is 1. The van der Waals surface area contributed by atoms with Gasteiger partial charge in [-0.3, -0.25) is 9.69 Å². The van der Waals surface area contributed by atoms with Gasteiger partial charge in [0, 0.05) is 19.5 Å². The summed E-state index contributed by atoms with van der Waals surface area (Å²) in [5.74, 6) is 0.150. The Morgan fingerprint density at radius 3 is 2.20 bits per heavy atom. The van der Waals surface area contributed by atoms with E-state index in [0.29, 0.717) is 19.5 Å². The molecule has 0 aromatic carbocycles. The highest BCUT2D eigenvalue weighted by molar-refractivity contribution is 6.68. The lowest BCUT2D eigenvalue weighted by Gasteiger charge is -2.42. The van der Waals surface area contributed by atoms with Crippen molar-refractivity contribution in [2.24, 2.45) is 5.92 Å². The molecule has 0 radical (unpaired) electrons. The van der Waals surface area contributed by atoms with Crippen molar-refractivity contribution in [1.29, 1.82) is 0 Å². The number of ether oxygens (including phenoxy) is 1. The molecule has 20 heavy (non-hydrogen) atoms. The predicted octanol–water partition coefficient (Wildman–Crippen LogP) is 2.95. The molecule has 1 saturated heterocycles. The first-order valence-corrected chi connectivity index (χ1v) is 7.98. The van der Waals surface area contributed by atoms with E-state index in [1.54, 1.807) is 0 Å². The minimum atomic E-state index is -1.58. The van der Waals surface area contributed by atoms with E-state index < -0.39 is 9.96 Å². The Kier molecular flexibility index (Phi) is 6.87. The standard InChI is InChI=1S/C13H23Cl3N2O2/c1-8(2)5-11(19)17-12(13(14,15)16)18-6-9(3)20-10(4)7-18/h8-10,12H,5-7H2,1-4H3,(H,17,19)/t9-,10-,12-/m1/s1. The topological polar surface area (TPSA) is 41.6 Å². The monoisotopic (exact) mass is 344 g/mol. The average Bonchev–Trinajstić information content (AvgIpc) is 2.21. The van der Waals surface area contributed by atoms with Crippen LogP contribution in [0, 0.1) is 5.92 Å². The van der Waals surface area contributed by atoms with Crippen molar-refractivity contribution in [3.63, 3.8) is 0 Å². The van der Waals surface area contributed by atoms with Crippen LogP contribution >= 0.6 is 34.8 Å². The fourth-order valence-electron chi connectivity index (χ4n) is 2.39. The molecule has 0 aromatic heterocycles. The molecule has 1 aliphatic heterocycles. The number of nitrogens with zero attached hydrogens (tertiary/aromatic N) is 1. The molecule has 4 nitrogen and oxygen atoms in total. The lowest BCUT2D eigenvalue weighted by Crippen LogP contribution is -2.61. The maximum Gasteiger partial charge on any atom is 0.223 e. The molecular weight excluding hydrogens is 323 g/mol. The van der Waals surface area contributed by atoms with Gasteiger partial charge in [-0.15, -0.1) is 0 Å². The van der Waals surface area contributed by atoms with Gasteiger partial charge in [-0.2, -0.15) is 0 Å². The zero-order valence-corrected chi connectivity index (χ0v) is 14.6. The third-order valence-electron chi connectivity index (χ3n) is 3.01. The molecule has 0 bridgehead atoms. The minimum absolute atomic E-state index is 0.0376. The second-order valence-electron chi connectivity index (χ2n) is 5.82. The molecule has 118 valence electrons. The fraction of sp³-hybridized carbons (Fsp3) is 0.923. The molecule has 0 unspecified atom stereocenters. The summed E-state index contributed by atoms with van der Waals surface area (Å²) < 4.78 is 4.09. The molecule has 1 rings (SSSR count). The Morgan fingerprint density at radius 1 is 1.30 bits per heavy atom. The molecule has 7 heteroatoms. The van der Waals surface area contributed by atoms with Crippen molar-refractivity contribution < 1.29 is 9.53 Å². The van der Waals surface area contributed by atoms with Crippen LogP contribution in [-0.4, -0.2) is 46.1 Å². The molecule has 3 atom stereocenters. The van der Waals surface area contributed by atoms with Crippen LogP contribution in [0.5, 0.6) is 0 Å². The number of nitrogens with one attached hydrogen (secondary N) is 1. The number of halogens is 3. The van der Waals surface area contributed by atoms with Crippen molar-refractivity contribution in [2.45, 2.75) is 56.3 Å². The van der Waals surface area contributed by atoms with Gasteiger partial charge in [0.2, 0.25) is 9.70 Å². The normalized spacial score (nSPS) is 26.6. The van der Waals surface area contributed by atoms with Crippen molar-refractivity contribution in [2.75, 3.05) is 13.1 Å². The number of carbonyl (C=O) groups is 1. The molecule has 1 N–H and O–H groups in total. The van der Waals surface area contributed by atoms with Gasteiger partial charge in [0.1, 0.15) is 6.17 Å². The van der Waals surface area contributed by atoms with E-state index in [0.717, 1.165) is 0 Å². The molecule has 1 amide bonds. The minimum Gasteiger partial charge on any atom is -0.373 e. The van der Waals surface area contributed by atoms with Gasteiger partial charge in [0.25, 0.3) is 0 Å². The Hall–Kier alpha value is 0.260. The molecular formula is C13H23Cl3N2O2. The molecule has 0 saturated carbocycles. The zero-order valence-electron chi connectivity index (χ0n) is 12.3. The lowest BCUT2D eigenvalue weighted by atomic mass is 10.1. The van der Waals surface area contributed by atoms with E-state index in [4.69, 9.17) is 39.5 Å². The Bertz CT molecular complexity index is 324.